The molecule has 90 valence electrons. The van der Waals surface area contributed by atoms with Crippen molar-refractivity contribution in [1.82, 2.24) is 0 Å². The van der Waals surface area contributed by atoms with E-state index in [9.17, 15) is 21.7 Å². The van der Waals surface area contributed by atoms with E-state index in [1.54, 1.807) is 0 Å². The predicted octanol–water partition coefficient (Wildman–Crippen LogP) is 3.56. The molecule has 0 spiro atoms. The van der Waals surface area contributed by atoms with Crippen LogP contribution < -0.4 is 9.05 Å². The van der Waals surface area contributed by atoms with Crippen LogP contribution in [0.5, 0.6) is 11.5 Å². The monoisotopic (exact) mass is 276 g/mol. The van der Waals surface area contributed by atoms with E-state index in [1.165, 1.54) is 0 Å². The summed E-state index contributed by atoms with van der Waals surface area (Å²) in [4.78, 5) is 8.20. The Kier molecular flexibility index (Phi) is 3.68. The molecular formula is C6H5F3O5P2. The molecule has 1 unspecified atom stereocenters. The molecule has 0 amide bonds. The van der Waals surface area contributed by atoms with E-state index in [1.807, 2.05) is 0 Å². The Morgan fingerprint density at radius 3 is 1.62 bits per heavy atom. The van der Waals surface area contributed by atoms with E-state index in [4.69, 9.17) is 4.89 Å². The summed E-state index contributed by atoms with van der Waals surface area (Å²) in [5, 5.41) is 0. The average molecular weight is 276 g/mol. The van der Waals surface area contributed by atoms with Gasteiger partial charge in [0.2, 0.25) is 0 Å². The molecule has 0 heterocycles. The standard InChI is InChI=1S/C6H5F3O5P2/c7-15(8,10)13-5-1-3-6(4-2-5)14-16(9,11)12/h1-4H,(H,11,12). The minimum absolute atomic E-state index is 0.353. The fourth-order valence-corrected chi connectivity index (χ4v) is 1.56. The fourth-order valence-electron chi connectivity index (χ4n) is 0.814. The number of hydrogen-bond acceptors (Lipinski definition) is 4. The van der Waals surface area contributed by atoms with Gasteiger partial charge in [0.25, 0.3) is 0 Å². The van der Waals surface area contributed by atoms with Crippen LogP contribution in [0.15, 0.2) is 24.3 Å². The van der Waals surface area contributed by atoms with Crippen molar-refractivity contribution < 1.29 is 35.7 Å². The molecule has 0 radical (unpaired) electrons. The van der Waals surface area contributed by atoms with Crippen LogP contribution in [0.2, 0.25) is 0 Å². The number of benzene rings is 1. The van der Waals surface area contributed by atoms with Crippen LogP contribution in [0.25, 0.3) is 0 Å². The van der Waals surface area contributed by atoms with Gasteiger partial charge in [-0.1, -0.05) is 0 Å². The van der Waals surface area contributed by atoms with Gasteiger partial charge in [0, 0.05) is 0 Å². The first-order chi connectivity index (χ1) is 7.16. The molecule has 0 aliphatic rings. The lowest BCUT2D eigenvalue weighted by atomic mass is 10.3. The summed E-state index contributed by atoms with van der Waals surface area (Å²) < 4.78 is 63.8. The SMILES string of the molecule is O=P(O)(F)Oc1ccc(OP(=O)(F)F)cc1. The second-order valence-corrected chi connectivity index (χ2v) is 4.62. The highest BCUT2D eigenvalue weighted by Gasteiger charge is 2.23. The molecule has 1 N–H and O–H groups in total. The Hall–Kier alpha value is -0.970. The van der Waals surface area contributed by atoms with E-state index in [0.717, 1.165) is 24.3 Å². The maximum atomic E-state index is 12.1. The van der Waals surface area contributed by atoms with Gasteiger partial charge in [-0.3, -0.25) is 4.89 Å². The third-order valence-corrected chi connectivity index (χ3v) is 2.11. The first-order valence-corrected chi connectivity index (χ1v) is 6.54. The zero-order valence-electron chi connectivity index (χ0n) is 7.42. The molecule has 0 saturated heterocycles. The lowest BCUT2D eigenvalue weighted by Crippen LogP contribution is -1.87. The zero-order valence-corrected chi connectivity index (χ0v) is 9.21. The fraction of sp³-hybridized carbons (Fsp3) is 0. The summed E-state index contributed by atoms with van der Waals surface area (Å²) in [6.07, 6.45) is 0. The first kappa shape index (κ1) is 13.1. The van der Waals surface area contributed by atoms with E-state index in [2.05, 4.69) is 9.05 Å². The second-order valence-electron chi connectivity index (χ2n) is 2.52. The van der Waals surface area contributed by atoms with Crippen LogP contribution in [-0.2, 0) is 9.13 Å². The molecule has 0 aliphatic carbocycles. The molecule has 0 saturated carbocycles. The maximum Gasteiger partial charge on any atom is 0.610 e. The second kappa shape index (κ2) is 4.49. The van der Waals surface area contributed by atoms with Gasteiger partial charge in [0.15, 0.2) is 0 Å². The van der Waals surface area contributed by atoms with Gasteiger partial charge < -0.3 is 9.05 Å². The normalized spacial score (nSPS) is 15.2. The molecule has 0 fully saturated rings. The van der Waals surface area contributed by atoms with E-state index < -0.39 is 21.6 Å². The van der Waals surface area contributed by atoms with Crippen LogP contribution in [0.4, 0.5) is 12.6 Å². The summed E-state index contributed by atoms with van der Waals surface area (Å²) >= 11 is 0. The zero-order chi connectivity index (χ0) is 12.4. The van der Waals surface area contributed by atoms with Gasteiger partial charge in [0.1, 0.15) is 11.5 Å². The molecule has 10 heteroatoms. The highest BCUT2D eigenvalue weighted by molar-refractivity contribution is 7.48. The highest BCUT2D eigenvalue weighted by atomic mass is 31.2. The summed E-state index contributed by atoms with van der Waals surface area (Å²) in [6.45, 7) is 0. The van der Waals surface area contributed by atoms with Gasteiger partial charge in [-0.15, -0.1) is 12.6 Å². The molecule has 0 bridgehead atoms. The first-order valence-electron chi connectivity index (χ1n) is 3.67. The van der Waals surface area contributed by atoms with Crippen LogP contribution in [0.3, 0.4) is 0 Å². The van der Waals surface area contributed by atoms with Crippen LogP contribution in [0, 0.1) is 0 Å². The maximum absolute atomic E-state index is 12.1. The number of hydrogen-bond donors (Lipinski definition) is 1. The Morgan fingerprint density at radius 1 is 0.938 bits per heavy atom. The summed E-state index contributed by atoms with van der Waals surface area (Å²) in [6, 6.07) is 3.59. The quantitative estimate of drug-likeness (QED) is 0.851. The number of rotatable bonds is 4. The van der Waals surface area contributed by atoms with Crippen molar-refractivity contribution in [3.8, 4) is 11.5 Å². The molecule has 1 rings (SSSR count). The van der Waals surface area contributed by atoms with Crippen molar-refractivity contribution in [2.75, 3.05) is 0 Å². The lowest BCUT2D eigenvalue weighted by molar-refractivity contribution is 0.329. The smallest absolute Gasteiger partial charge is 0.401 e. The summed E-state index contributed by atoms with van der Waals surface area (Å²) in [7, 11) is -10.9. The van der Waals surface area contributed by atoms with Crippen LogP contribution in [0.1, 0.15) is 0 Å². The van der Waals surface area contributed by atoms with Gasteiger partial charge in [-0.05, 0) is 24.3 Å². The third-order valence-electron chi connectivity index (χ3n) is 1.25. The van der Waals surface area contributed by atoms with Crippen molar-refractivity contribution in [2.24, 2.45) is 0 Å². The van der Waals surface area contributed by atoms with Gasteiger partial charge in [-0.2, -0.15) is 0 Å². The minimum Gasteiger partial charge on any atom is -0.401 e. The van der Waals surface area contributed by atoms with Gasteiger partial charge in [0.05, 0.1) is 0 Å². The minimum atomic E-state index is -5.66. The highest BCUT2D eigenvalue weighted by Crippen LogP contribution is 2.50. The van der Waals surface area contributed by atoms with E-state index in [-0.39, 0.29) is 5.75 Å². The summed E-state index contributed by atoms with van der Waals surface area (Å²) in [5.74, 6) is -0.791. The Bertz CT molecular complexity index is 407. The van der Waals surface area contributed by atoms with Crippen molar-refractivity contribution in [3.63, 3.8) is 0 Å². The molecular weight excluding hydrogens is 271 g/mol. The topological polar surface area (TPSA) is 72.8 Å². The van der Waals surface area contributed by atoms with Crippen LogP contribution in [-0.4, -0.2) is 4.89 Å². The Balaban J connectivity index is 2.76. The predicted molar refractivity (Wildman–Crippen MR) is 48.5 cm³/mol. The molecule has 0 aliphatic heterocycles. The van der Waals surface area contributed by atoms with E-state index in [0.29, 0.717) is 0 Å². The largest absolute Gasteiger partial charge is 0.610 e. The van der Waals surface area contributed by atoms with Crippen LogP contribution >= 0.6 is 15.9 Å². The van der Waals surface area contributed by atoms with Gasteiger partial charge >= 0.3 is 15.9 Å². The molecule has 16 heavy (non-hydrogen) atoms. The summed E-state index contributed by atoms with van der Waals surface area (Å²) in [5.41, 5.74) is 0. The Morgan fingerprint density at radius 2 is 1.31 bits per heavy atom. The van der Waals surface area contributed by atoms with E-state index >= 15 is 0 Å². The number of halogens is 3. The molecule has 1 aromatic rings. The Labute approximate surface area is 88.2 Å². The molecule has 5 nitrogen and oxygen atoms in total. The molecule has 1 atom stereocenters. The molecule has 0 aromatic heterocycles. The lowest BCUT2D eigenvalue weighted by Gasteiger charge is -2.06. The van der Waals surface area contributed by atoms with Crippen molar-refractivity contribution >= 4 is 15.9 Å². The third kappa shape index (κ3) is 5.21. The van der Waals surface area contributed by atoms with Gasteiger partial charge in [-0.25, -0.2) is 9.13 Å². The average Bonchev–Trinajstić information content (AvgIpc) is 2.03. The van der Waals surface area contributed by atoms with Crippen molar-refractivity contribution in [2.45, 2.75) is 0 Å². The van der Waals surface area contributed by atoms with Crippen molar-refractivity contribution in [1.29, 1.82) is 0 Å². The molecule has 1 aromatic carbocycles. The van der Waals surface area contributed by atoms with Crippen molar-refractivity contribution in [3.05, 3.63) is 24.3 Å².